The zero-order valence-electron chi connectivity index (χ0n) is 16.5. The van der Waals surface area contributed by atoms with E-state index < -0.39 is 0 Å². The molecule has 3 rings (SSSR count). The van der Waals surface area contributed by atoms with E-state index in [4.69, 9.17) is 14.5 Å². The third kappa shape index (κ3) is 4.82. The van der Waals surface area contributed by atoms with Gasteiger partial charge in [-0.05, 0) is 30.7 Å². The van der Waals surface area contributed by atoms with Gasteiger partial charge in [-0.3, -0.25) is 4.79 Å². The summed E-state index contributed by atoms with van der Waals surface area (Å²) in [5, 5.41) is 2.92. The number of methoxy groups -OCH3 is 1. The van der Waals surface area contributed by atoms with Gasteiger partial charge >= 0.3 is 0 Å². The van der Waals surface area contributed by atoms with Gasteiger partial charge in [0.25, 0.3) is 0 Å². The van der Waals surface area contributed by atoms with Crippen LogP contribution in [0.25, 0.3) is 11.0 Å². The van der Waals surface area contributed by atoms with Crippen LogP contribution in [0.1, 0.15) is 25.6 Å². The Hall–Kier alpha value is -3.02. The Labute approximate surface area is 165 Å². The van der Waals surface area contributed by atoms with Crippen molar-refractivity contribution in [3.63, 3.8) is 0 Å². The molecule has 0 aliphatic rings. The van der Waals surface area contributed by atoms with Gasteiger partial charge in [-0.25, -0.2) is 4.98 Å². The lowest BCUT2D eigenvalue weighted by atomic mass is 10.3. The highest BCUT2D eigenvalue weighted by Crippen LogP contribution is 2.26. The Morgan fingerprint density at radius 2 is 1.86 bits per heavy atom. The second kappa shape index (κ2) is 9.78. The first-order valence-corrected chi connectivity index (χ1v) is 9.69. The first-order chi connectivity index (χ1) is 13.7. The first kappa shape index (κ1) is 19.7. The molecule has 1 heterocycles. The molecule has 6 nitrogen and oxygen atoms in total. The number of para-hydroxylation sites is 4. The largest absolute Gasteiger partial charge is 0.493 e. The number of aromatic nitrogens is 2. The summed E-state index contributed by atoms with van der Waals surface area (Å²) < 4.78 is 13.5. The fourth-order valence-corrected chi connectivity index (χ4v) is 3.15. The number of imidazole rings is 1. The van der Waals surface area contributed by atoms with Crippen molar-refractivity contribution in [3.05, 3.63) is 54.4 Å². The predicted octanol–water partition coefficient (Wildman–Crippen LogP) is 3.58. The van der Waals surface area contributed by atoms with Crippen LogP contribution < -0.4 is 14.8 Å². The number of benzene rings is 2. The van der Waals surface area contributed by atoms with Crippen LogP contribution >= 0.6 is 0 Å². The zero-order valence-corrected chi connectivity index (χ0v) is 16.5. The van der Waals surface area contributed by atoms with Gasteiger partial charge in [-0.2, -0.15) is 0 Å². The molecule has 1 N–H and O–H groups in total. The second-order valence-electron chi connectivity index (χ2n) is 6.47. The summed E-state index contributed by atoms with van der Waals surface area (Å²) in [6.07, 6.45) is 2.16. The lowest BCUT2D eigenvalue weighted by molar-refractivity contribution is -0.120. The number of carbonyl (C=O) groups excluding carboxylic acids is 1. The summed E-state index contributed by atoms with van der Waals surface area (Å²) in [5.74, 6) is 2.55. The lowest BCUT2D eigenvalue weighted by Gasteiger charge is -2.13. The molecule has 0 saturated heterocycles. The van der Waals surface area contributed by atoms with E-state index in [2.05, 4.69) is 16.0 Å². The quantitative estimate of drug-likeness (QED) is 0.545. The van der Waals surface area contributed by atoms with E-state index in [1.165, 1.54) is 0 Å². The van der Waals surface area contributed by atoms with E-state index in [0.717, 1.165) is 41.2 Å². The van der Waals surface area contributed by atoms with Gasteiger partial charge in [-0.1, -0.05) is 31.2 Å². The predicted molar refractivity (Wildman–Crippen MR) is 110 cm³/mol. The van der Waals surface area contributed by atoms with Crippen molar-refractivity contribution in [1.82, 2.24) is 14.9 Å². The smallest absolute Gasteiger partial charge is 0.219 e. The van der Waals surface area contributed by atoms with Crippen LogP contribution in [-0.4, -0.2) is 35.7 Å². The normalized spacial score (nSPS) is 10.8. The number of carbonyl (C=O) groups is 1. The van der Waals surface area contributed by atoms with Crippen molar-refractivity contribution in [2.75, 3.05) is 20.3 Å². The van der Waals surface area contributed by atoms with Gasteiger partial charge in [0, 0.05) is 19.4 Å². The number of hydrogen-bond acceptors (Lipinski definition) is 4. The van der Waals surface area contributed by atoms with Crippen molar-refractivity contribution in [1.29, 1.82) is 0 Å². The van der Waals surface area contributed by atoms with Gasteiger partial charge in [-0.15, -0.1) is 0 Å². The highest BCUT2D eigenvalue weighted by Gasteiger charge is 2.11. The van der Waals surface area contributed by atoms with Gasteiger partial charge in [0.1, 0.15) is 12.4 Å². The number of nitrogens with zero attached hydrogens (tertiary/aromatic N) is 2. The molecule has 0 spiro atoms. The minimum atomic E-state index is 0.0821. The highest BCUT2D eigenvalue weighted by atomic mass is 16.5. The Morgan fingerprint density at radius 3 is 2.64 bits per heavy atom. The molecular weight excluding hydrogens is 354 g/mol. The molecule has 0 aliphatic heterocycles. The zero-order chi connectivity index (χ0) is 19.8. The topological polar surface area (TPSA) is 65.4 Å². The van der Waals surface area contributed by atoms with E-state index >= 15 is 0 Å². The maximum absolute atomic E-state index is 11.4. The van der Waals surface area contributed by atoms with E-state index in [0.29, 0.717) is 26.1 Å². The van der Waals surface area contributed by atoms with E-state index in [9.17, 15) is 4.79 Å². The van der Waals surface area contributed by atoms with Gasteiger partial charge in [0.15, 0.2) is 11.5 Å². The van der Waals surface area contributed by atoms with Gasteiger partial charge in [0.2, 0.25) is 5.91 Å². The number of ether oxygens (including phenoxy) is 2. The molecule has 1 aromatic heterocycles. The summed E-state index contributed by atoms with van der Waals surface area (Å²) in [5.41, 5.74) is 2.08. The Balaban J connectivity index is 1.67. The fraction of sp³-hybridized carbons (Fsp3) is 0.364. The average Bonchev–Trinajstić information content (AvgIpc) is 3.09. The molecule has 0 unspecified atom stereocenters. The van der Waals surface area contributed by atoms with E-state index in [-0.39, 0.29) is 5.91 Å². The molecule has 0 radical (unpaired) electrons. The minimum absolute atomic E-state index is 0.0821. The van der Waals surface area contributed by atoms with Crippen molar-refractivity contribution in [3.8, 4) is 11.5 Å². The van der Waals surface area contributed by atoms with Crippen molar-refractivity contribution in [2.45, 2.75) is 32.7 Å². The molecule has 0 aliphatic carbocycles. The molecule has 0 bridgehead atoms. The highest BCUT2D eigenvalue weighted by molar-refractivity contribution is 5.76. The van der Waals surface area contributed by atoms with Crippen LogP contribution in [-0.2, 0) is 17.8 Å². The van der Waals surface area contributed by atoms with Crippen LogP contribution in [0.5, 0.6) is 11.5 Å². The molecule has 0 atom stereocenters. The van der Waals surface area contributed by atoms with Crippen LogP contribution in [0.3, 0.4) is 0 Å². The molecule has 148 valence electrons. The van der Waals surface area contributed by atoms with Crippen molar-refractivity contribution < 1.29 is 14.3 Å². The van der Waals surface area contributed by atoms with Gasteiger partial charge in [0.05, 0.1) is 24.7 Å². The van der Waals surface area contributed by atoms with E-state index in [1.54, 1.807) is 7.11 Å². The molecular formula is C22H27N3O3. The summed E-state index contributed by atoms with van der Waals surface area (Å²) in [6.45, 7) is 3.72. The summed E-state index contributed by atoms with van der Waals surface area (Å²) >= 11 is 0. The molecule has 28 heavy (non-hydrogen) atoms. The number of nitrogens with one attached hydrogen (secondary N) is 1. The number of fused-ring (bicyclic) bond motifs is 1. The van der Waals surface area contributed by atoms with Crippen LogP contribution in [0, 0.1) is 0 Å². The van der Waals surface area contributed by atoms with Crippen LogP contribution in [0.2, 0.25) is 0 Å². The second-order valence-corrected chi connectivity index (χ2v) is 6.47. The first-order valence-electron chi connectivity index (χ1n) is 9.69. The SMILES string of the molecule is CCC(=O)NCCCc1nc2ccccc2n1CCOc1ccccc1OC. The standard InChI is InChI=1S/C22H27N3O3/c1-3-22(26)23-14-8-13-21-24-17-9-4-5-10-18(17)25(21)15-16-28-20-12-7-6-11-19(20)27-2/h4-7,9-12H,3,8,13-16H2,1-2H3,(H,23,26). The molecule has 0 saturated carbocycles. The monoisotopic (exact) mass is 381 g/mol. The van der Waals surface area contributed by atoms with Crippen LogP contribution in [0.4, 0.5) is 0 Å². The lowest BCUT2D eigenvalue weighted by Crippen LogP contribution is -2.23. The molecule has 1 amide bonds. The maximum Gasteiger partial charge on any atom is 0.219 e. The average molecular weight is 381 g/mol. The molecule has 3 aromatic rings. The van der Waals surface area contributed by atoms with Crippen LogP contribution in [0.15, 0.2) is 48.5 Å². The maximum atomic E-state index is 11.4. The number of hydrogen-bond donors (Lipinski definition) is 1. The van der Waals surface area contributed by atoms with Crippen molar-refractivity contribution in [2.24, 2.45) is 0 Å². The number of aryl methyl sites for hydroxylation is 1. The molecule has 0 fully saturated rings. The number of rotatable bonds is 10. The molecule has 6 heteroatoms. The Kier molecular flexibility index (Phi) is 6.89. The van der Waals surface area contributed by atoms with E-state index in [1.807, 2.05) is 49.4 Å². The third-order valence-electron chi connectivity index (χ3n) is 4.60. The minimum Gasteiger partial charge on any atom is -0.493 e. The van der Waals surface area contributed by atoms with Gasteiger partial charge < -0.3 is 19.4 Å². The fourth-order valence-electron chi connectivity index (χ4n) is 3.15. The summed E-state index contributed by atoms with van der Waals surface area (Å²) in [7, 11) is 1.64. The molecule has 2 aromatic carbocycles. The Morgan fingerprint density at radius 1 is 1.11 bits per heavy atom. The number of amides is 1. The summed E-state index contributed by atoms with van der Waals surface area (Å²) in [4.78, 5) is 16.2. The Bertz CT molecular complexity index is 920. The van der Waals surface area contributed by atoms with Crippen molar-refractivity contribution >= 4 is 16.9 Å². The third-order valence-corrected chi connectivity index (χ3v) is 4.60. The summed E-state index contributed by atoms with van der Waals surface area (Å²) in [6, 6.07) is 15.8.